The molecule has 0 heteroatoms. The maximum atomic E-state index is 2.53. The predicted octanol–water partition coefficient (Wildman–Crippen LogP) is 16.8. The lowest BCUT2D eigenvalue weighted by molar-refractivity contribution is 0.659. The molecule has 8 aromatic carbocycles. The first-order chi connectivity index (χ1) is 30.0. The molecule has 0 aliphatic heterocycles. The molecular formula is C63H56. The van der Waals surface area contributed by atoms with Crippen molar-refractivity contribution in [3.8, 4) is 77.9 Å². The first-order valence-corrected chi connectivity index (χ1v) is 23.1. The number of hydrogen-bond donors (Lipinski definition) is 0. The Morgan fingerprint density at radius 3 is 0.825 bits per heavy atom. The number of fused-ring (bicyclic) bond motifs is 12. The number of benzene rings is 8. The summed E-state index contributed by atoms with van der Waals surface area (Å²) < 4.78 is 0. The van der Waals surface area contributed by atoms with Gasteiger partial charge in [0.1, 0.15) is 0 Å². The van der Waals surface area contributed by atoms with Gasteiger partial charge in [-0.05, 0) is 196 Å². The molecule has 4 aliphatic carbocycles. The van der Waals surface area contributed by atoms with E-state index in [1.807, 2.05) is 0 Å². The van der Waals surface area contributed by atoms with Gasteiger partial charge in [-0.15, -0.1) is 0 Å². The van der Waals surface area contributed by atoms with E-state index in [1.54, 1.807) is 0 Å². The second-order valence-corrected chi connectivity index (χ2v) is 21.5. The topological polar surface area (TPSA) is 0 Å². The van der Waals surface area contributed by atoms with Gasteiger partial charge in [0, 0.05) is 21.7 Å². The fourth-order valence-corrected chi connectivity index (χ4v) is 12.8. The Kier molecular flexibility index (Phi) is 7.61. The van der Waals surface area contributed by atoms with Gasteiger partial charge in [0.2, 0.25) is 0 Å². The Labute approximate surface area is 374 Å². The molecule has 0 radical (unpaired) electrons. The summed E-state index contributed by atoms with van der Waals surface area (Å²) in [5.74, 6) is 0. The first kappa shape index (κ1) is 38.4. The van der Waals surface area contributed by atoms with Gasteiger partial charge in [-0.25, -0.2) is 0 Å². The SMILES string of the molecule is Cc1cc2c(cc1-c1ccc3c(c1)C(C)(C)c1cc(-c4ccc5c(c4)C(C)(C)c4cc(-c6ccc7c(c6)C(C)(C)c6ccccc6-7)c(C)cc4-5)c(C)cc1-3)C(C)(C)c1ccccc1-2. The quantitative estimate of drug-likeness (QED) is 0.167. The van der Waals surface area contributed by atoms with E-state index in [1.165, 1.54) is 139 Å². The maximum absolute atomic E-state index is 2.53. The minimum absolute atomic E-state index is 0.0254. The Balaban J connectivity index is 0.893. The van der Waals surface area contributed by atoms with Crippen molar-refractivity contribution in [3.05, 3.63) is 201 Å². The van der Waals surface area contributed by atoms with Crippen LogP contribution in [-0.2, 0) is 21.7 Å². The molecule has 0 nitrogen and oxygen atoms in total. The van der Waals surface area contributed by atoms with Crippen LogP contribution >= 0.6 is 0 Å². The van der Waals surface area contributed by atoms with Crippen LogP contribution in [0.25, 0.3) is 77.9 Å². The van der Waals surface area contributed by atoms with Crippen LogP contribution in [-0.4, -0.2) is 0 Å². The van der Waals surface area contributed by atoms with E-state index in [4.69, 9.17) is 0 Å². The number of hydrogen-bond acceptors (Lipinski definition) is 0. The highest BCUT2D eigenvalue weighted by Crippen LogP contribution is 2.56. The van der Waals surface area contributed by atoms with E-state index in [-0.39, 0.29) is 21.7 Å². The molecule has 0 heterocycles. The summed E-state index contributed by atoms with van der Waals surface area (Å²) in [5.41, 5.74) is 34.0. The van der Waals surface area contributed by atoms with Gasteiger partial charge in [0.05, 0.1) is 0 Å². The van der Waals surface area contributed by atoms with E-state index >= 15 is 0 Å². The van der Waals surface area contributed by atoms with Gasteiger partial charge in [-0.1, -0.05) is 159 Å². The van der Waals surface area contributed by atoms with E-state index < -0.39 is 0 Å². The Morgan fingerprint density at radius 1 is 0.222 bits per heavy atom. The highest BCUT2D eigenvalue weighted by Gasteiger charge is 2.41. The normalized spacial score (nSPS) is 16.7. The minimum atomic E-state index is -0.140. The van der Waals surface area contributed by atoms with Crippen molar-refractivity contribution in [1.29, 1.82) is 0 Å². The van der Waals surface area contributed by atoms with Gasteiger partial charge in [-0.2, -0.15) is 0 Å². The molecule has 0 saturated carbocycles. The molecule has 0 bridgehead atoms. The molecule has 8 aromatic rings. The summed E-state index contributed by atoms with van der Waals surface area (Å²) in [6.07, 6.45) is 0. The molecule has 4 aliphatic rings. The van der Waals surface area contributed by atoms with Crippen LogP contribution < -0.4 is 0 Å². The molecule has 12 rings (SSSR count). The zero-order chi connectivity index (χ0) is 43.7. The summed E-state index contributed by atoms with van der Waals surface area (Å²) in [4.78, 5) is 0. The van der Waals surface area contributed by atoms with E-state index in [0.717, 1.165) is 0 Å². The summed E-state index contributed by atoms with van der Waals surface area (Å²) in [6, 6.07) is 54.6. The monoisotopic (exact) mass is 812 g/mol. The Bertz CT molecular complexity index is 3360. The van der Waals surface area contributed by atoms with E-state index in [2.05, 4.69) is 216 Å². The molecule has 308 valence electrons. The third-order valence-electron chi connectivity index (χ3n) is 16.5. The minimum Gasteiger partial charge on any atom is -0.0619 e. The summed E-state index contributed by atoms with van der Waals surface area (Å²) in [6.45, 7) is 26.1. The first-order valence-electron chi connectivity index (χ1n) is 23.1. The lowest BCUT2D eigenvalue weighted by Gasteiger charge is -2.25. The van der Waals surface area contributed by atoms with Crippen molar-refractivity contribution in [2.45, 2.75) is 97.8 Å². The van der Waals surface area contributed by atoms with Gasteiger partial charge >= 0.3 is 0 Å². The molecule has 0 unspecified atom stereocenters. The lowest BCUT2D eigenvalue weighted by atomic mass is 9.78. The van der Waals surface area contributed by atoms with Crippen molar-refractivity contribution in [3.63, 3.8) is 0 Å². The average molecular weight is 813 g/mol. The van der Waals surface area contributed by atoms with Gasteiger partial charge < -0.3 is 0 Å². The van der Waals surface area contributed by atoms with Crippen LogP contribution in [0.3, 0.4) is 0 Å². The second-order valence-electron chi connectivity index (χ2n) is 21.5. The zero-order valence-corrected chi connectivity index (χ0v) is 38.8. The smallest absolute Gasteiger partial charge is 0.0159 e. The van der Waals surface area contributed by atoms with Crippen LogP contribution in [0.2, 0.25) is 0 Å². The van der Waals surface area contributed by atoms with Crippen LogP contribution in [0.1, 0.15) is 117 Å². The summed E-state index contributed by atoms with van der Waals surface area (Å²) in [7, 11) is 0. The largest absolute Gasteiger partial charge is 0.0619 e. The van der Waals surface area contributed by atoms with E-state index in [9.17, 15) is 0 Å². The maximum Gasteiger partial charge on any atom is 0.0159 e. The van der Waals surface area contributed by atoms with Crippen LogP contribution in [0.5, 0.6) is 0 Å². The third-order valence-corrected chi connectivity index (χ3v) is 16.5. The molecule has 0 aromatic heterocycles. The third kappa shape index (κ3) is 5.04. The van der Waals surface area contributed by atoms with E-state index in [0.29, 0.717) is 0 Å². The van der Waals surface area contributed by atoms with Gasteiger partial charge in [0.25, 0.3) is 0 Å². The van der Waals surface area contributed by atoms with Gasteiger partial charge in [0.15, 0.2) is 0 Å². The van der Waals surface area contributed by atoms with Crippen LogP contribution in [0.4, 0.5) is 0 Å². The molecule has 63 heavy (non-hydrogen) atoms. The van der Waals surface area contributed by atoms with Crippen molar-refractivity contribution in [1.82, 2.24) is 0 Å². The van der Waals surface area contributed by atoms with Gasteiger partial charge in [-0.3, -0.25) is 0 Å². The molecule has 0 fully saturated rings. The zero-order valence-electron chi connectivity index (χ0n) is 38.8. The molecule has 0 atom stereocenters. The van der Waals surface area contributed by atoms with Crippen molar-refractivity contribution in [2.75, 3.05) is 0 Å². The predicted molar refractivity (Wildman–Crippen MR) is 267 cm³/mol. The average Bonchev–Trinajstić information content (AvgIpc) is 3.81. The Morgan fingerprint density at radius 2 is 0.476 bits per heavy atom. The second kappa shape index (κ2) is 12.5. The molecule has 0 spiro atoms. The lowest BCUT2D eigenvalue weighted by Crippen LogP contribution is -2.16. The highest BCUT2D eigenvalue weighted by molar-refractivity contribution is 5.92. The molecule has 0 amide bonds. The van der Waals surface area contributed by atoms with Crippen molar-refractivity contribution < 1.29 is 0 Å². The van der Waals surface area contributed by atoms with Crippen LogP contribution in [0, 0.1) is 20.8 Å². The fraction of sp³-hybridized carbons (Fsp3) is 0.238. The highest BCUT2D eigenvalue weighted by atomic mass is 14.4. The van der Waals surface area contributed by atoms with Crippen molar-refractivity contribution in [2.24, 2.45) is 0 Å². The number of rotatable bonds is 3. The standard InChI is InChI=1S/C63H56/c1-35-26-49-42-17-13-15-19-53(42)61(6,7)57(49)32-46(35)39-21-24-44-51-28-37(3)48(34-59(51)62(8,9)55(44)30-39)40-22-25-45-50-27-36(2)47(33-58(50)63(10,11)56(45)31-40)38-20-23-43-41-16-12-14-18-52(41)60(4,5)54(43)29-38/h12-34H,1-11H3. The molecule has 0 N–H and O–H groups in total. The fourth-order valence-electron chi connectivity index (χ4n) is 12.8. The summed E-state index contributed by atoms with van der Waals surface area (Å²) >= 11 is 0. The number of aryl methyl sites for hydroxylation is 3. The summed E-state index contributed by atoms with van der Waals surface area (Å²) in [5, 5.41) is 0. The van der Waals surface area contributed by atoms with Crippen LogP contribution in [0.15, 0.2) is 140 Å². The Hall–Kier alpha value is -6.24. The molecule has 0 saturated heterocycles. The van der Waals surface area contributed by atoms with Crippen molar-refractivity contribution >= 4 is 0 Å². The molecular weight excluding hydrogens is 757 g/mol.